The second kappa shape index (κ2) is 5.90. The van der Waals surface area contributed by atoms with E-state index in [9.17, 15) is 13.2 Å². The van der Waals surface area contributed by atoms with Gasteiger partial charge in [0.25, 0.3) is 0 Å². The molecule has 1 radical (unpaired) electrons. The van der Waals surface area contributed by atoms with E-state index >= 15 is 0 Å². The number of Topliss-reactive ketones (excluding diaryl/α,β-unsaturated/α-hetero) is 1. The van der Waals surface area contributed by atoms with Crippen molar-refractivity contribution in [2.24, 2.45) is 0 Å². The predicted octanol–water partition coefficient (Wildman–Crippen LogP) is 0.887. The number of hydrogen-bond acceptors (Lipinski definition) is 4. The van der Waals surface area contributed by atoms with Crippen molar-refractivity contribution in [2.45, 2.75) is 11.7 Å². The van der Waals surface area contributed by atoms with Crippen LogP contribution in [0.15, 0.2) is 30.3 Å². The first kappa shape index (κ1) is 13.8. The van der Waals surface area contributed by atoms with Gasteiger partial charge in [-0.3, -0.25) is 4.79 Å². The van der Waals surface area contributed by atoms with Crippen LogP contribution in [-0.2, 0) is 14.8 Å². The maximum atomic E-state index is 11.9. The SMILES string of the molecule is COCCC(C(=O)c1ccccc1)S([NH])(=O)=O. The molecule has 1 N–H and O–H groups in total. The quantitative estimate of drug-likeness (QED) is 0.707. The number of rotatable bonds is 6. The Morgan fingerprint density at radius 3 is 2.41 bits per heavy atom. The molecule has 1 aromatic carbocycles. The van der Waals surface area contributed by atoms with E-state index in [0.29, 0.717) is 5.56 Å². The van der Waals surface area contributed by atoms with E-state index in [4.69, 9.17) is 9.88 Å². The monoisotopic (exact) mass is 256 g/mol. The van der Waals surface area contributed by atoms with Crippen molar-refractivity contribution in [1.29, 1.82) is 0 Å². The minimum absolute atomic E-state index is 0.00391. The highest BCUT2D eigenvalue weighted by molar-refractivity contribution is 7.90. The summed E-state index contributed by atoms with van der Waals surface area (Å²) < 4.78 is 27.2. The molecular weight excluding hydrogens is 242 g/mol. The molecule has 0 bridgehead atoms. The molecular formula is C11H14NO4S. The second-order valence-corrected chi connectivity index (χ2v) is 5.20. The Balaban J connectivity index is 2.96. The van der Waals surface area contributed by atoms with E-state index < -0.39 is 21.1 Å². The van der Waals surface area contributed by atoms with Gasteiger partial charge < -0.3 is 4.74 Å². The van der Waals surface area contributed by atoms with Gasteiger partial charge in [-0.15, -0.1) is 5.14 Å². The molecule has 0 aliphatic rings. The number of sulfonamides is 1. The zero-order valence-electron chi connectivity index (χ0n) is 9.42. The van der Waals surface area contributed by atoms with E-state index in [0.717, 1.165) is 0 Å². The summed E-state index contributed by atoms with van der Waals surface area (Å²) in [4.78, 5) is 11.9. The van der Waals surface area contributed by atoms with Gasteiger partial charge >= 0.3 is 0 Å². The Morgan fingerprint density at radius 2 is 1.94 bits per heavy atom. The Hall–Kier alpha value is -1.24. The fraction of sp³-hybridized carbons (Fsp3) is 0.364. The number of carbonyl (C=O) groups excluding carboxylic acids is 1. The molecule has 0 fully saturated rings. The van der Waals surface area contributed by atoms with Gasteiger partial charge in [0.15, 0.2) is 5.78 Å². The van der Waals surface area contributed by atoms with E-state index in [2.05, 4.69) is 0 Å². The molecule has 0 aliphatic carbocycles. The number of nitrogens with one attached hydrogen (secondary N) is 1. The summed E-state index contributed by atoms with van der Waals surface area (Å²) in [5.41, 5.74) is 0.296. The van der Waals surface area contributed by atoms with Gasteiger partial charge in [-0.1, -0.05) is 30.3 Å². The zero-order chi connectivity index (χ0) is 12.9. The predicted molar refractivity (Wildman–Crippen MR) is 63.1 cm³/mol. The van der Waals surface area contributed by atoms with Gasteiger partial charge in [-0.05, 0) is 6.42 Å². The number of methoxy groups -OCH3 is 1. The summed E-state index contributed by atoms with van der Waals surface area (Å²) >= 11 is 0. The first-order valence-electron chi connectivity index (χ1n) is 5.03. The number of ketones is 1. The van der Waals surface area contributed by atoms with Crippen LogP contribution in [0, 0.1) is 0 Å². The summed E-state index contributed by atoms with van der Waals surface area (Å²) in [6.45, 7) is 0.126. The molecule has 0 spiro atoms. The molecule has 93 valence electrons. The van der Waals surface area contributed by atoms with Gasteiger partial charge in [-0.25, -0.2) is 8.42 Å². The molecule has 1 unspecified atom stereocenters. The van der Waals surface area contributed by atoms with E-state index in [1.807, 2.05) is 0 Å². The first-order valence-corrected chi connectivity index (χ1v) is 6.58. The van der Waals surface area contributed by atoms with Crippen LogP contribution >= 0.6 is 0 Å². The molecule has 1 rings (SSSR count). The van der Waals surface area contributed by atoms with Crippen LogP contribution in [0.25, 0.3) is 0 Å². The highest BCUT2D eigenvalue weighted by atomic mass is 32.2. The van der Waals surface area contributed by atoms with Crippen molar-refractivity contribution in [3.8, 4) is 0 Å². The molecule has 0 amide bonds. The fourth-order valence-corrected chi connectivity index (χ4v) is 2.26. The third kappa shape index (κ3) is 3.92. The normalized spacial score (nSPS) is 13.3. The maximum absolute atomic E-state index is 11.9. The molecule has 1 aromatic rings. The maximum Gasteiger partial charge on any atom is 0.235 e. The topological polar surface area (TPSA) is 84.2 Å². The third-order valence-electron chi connectivity index (χ3n) is 2.31. The van der Waals surface area contributed by atoms with Crippen LogP contribution in [0.3, 0.4) is 0 Å². The highest BCUT2D eigenvalue weighted by Gasteiger charge is 2.30. The number of hydrogen-bond donors (Lipinski definition) is 0. The number of carbonyl (C=O) groups is 1. The Labute approximate surface area is 101 Å². The smallest absolute Gasteiger partial charge is 0.235 e. The lowest BCUT2D eigenvalue weighted by Gasteiger charge is -2.12. The summed E-state index contributed by atoms with van der Waals surface area (Å²) in [5, 5.41) is 5.69. The molecule has 17 heavy (non-hydrogen) atoms. The second-order valence-electron chi connectivity index (χ2n) is 3.55. The van der Waals surface area contributed by atoms with E-state index in [-0.39, 0.29) is 13.0 Å². The minimum Gasteiger partial charge on any atom is -0.385 e. The summed E-state index contributed by atoms with van der Waals surface area (Å²) in [5.74, 6) is -0.558. The van der Waals surface area contributed by atoms with Crippen molar-refractivity contribution >= 4 is 15.8 Å². The fourth-order valence-electron chi connectivity index (χ4n) is 1.44. The lowest BCUT2D eigenvalue weighted by Crippen LogP contribution is -2.32. The lowest BCUT2D eigenvalue weighted by atomic mass is 10.1. The van der Waals surface area contributed by atoms with Crippen LogP contribution in [0.5, 0.6) is 0 Å². The van der Waals surface area contributed by atoms with Gasteiger partial charge in [0, 0.05) is 19.3 Å². The summed E-state index contributed by atoms with van der Waals surface area (Å²) in [6.07, 6.45) is -0.00391. The molecule has 0 saturated carbocycles. The van der Waals surface area contributed by atoms with Gasteiger partial charge in [0.2, 0.25) is 10.0 Å². The van der Waals surface area contributed by atoms with Crippen molar-refractivity contribution in [3.05, 3.63) is 35.9 Å². The molecule has 0 saturated heterocycles. The van der Waals surface area contributed by atoms with E-state index in [1.54, 1.807) is 18.2 Å². The van der Waals surface area contributed by atoms with Crippen molar-refractivity contribution < 1.29 is 17.9 Å². The average molecular weight is 256 g/mol. The minimum atomic E-state index is -4.16. The molecule has 6 heteroatoms. The lowest BCUT2D eigenvalue weighted by molar-refractivity contribution is 0.0968. The highest BCUT2D eigenvalue weighted by Crippen LogP contribution is 2.12. The van der Waals surface area contributed by atoms with Gasteiger partial charge in [0.05, 0.1) is 0 Å². The average Bonchev–Trinajstić information content (AvgIpc) is 2.29. The van der Waals surface area contributed by atoms with Gasteiger partial charge in [0.1, 0.15) is 5.25 Å². The zero-order valence-corrected chi connectivity index (χ0v) is 10.2. The largest absolute Gasteiger partial charge is 0.385 e. The van der Waals surface area contributed by atoms with Crippen LogP contribution in [0.4, 0.5) is 0 Å². The molecule has 1 atom stereocenters. The Bertz CT molecular complexity index is 470. The molecule has 5 nitrogen and oxygen atoms in total. The van der Waals surface area contributed by atoms with Crippen LogP contribution in [0.1, 0.15) is 16.8 Å². The third-order valence-corrected chi connectivity index (χ3v) is 3.51. The summed E-state index contributed by atoms with van der Waals surface area (Å²) in [6, 6.07) is 8.10. The van der Waals surface area contributed by atoms with Crippen LogP contribution in [-0.4, -0.2) is 33.2 Å². The Morgan fingerprint density at radius 1 is 1.35 bits per heavy atom. The molecule has 0 heterocycles. The summed E-state index contributed by atoms with van der Waals surface area (Å²) in [7, 11) is -2.75. The van der Waals surface area contributed by atoms with Crippen molar-refractivity contribution in [3.63, 3.8) is 0 Å². The van der Waals surface area contributed by atoms with Crippen molar-refractivity contribution in [2.75, 3.05) is 13.7 Å². The Kier molecular flexibility index (Phi) is 4.80. The molecule has 0 aromatic heterocycles. The molecule has 0 aliphatic heterocycles. The van der Waals surface area contributed by atoms with Crippen molar-refractivity contribution in [1.82, 2.24) is 5.14 Å². The van der Waals surface area contributed by atoms with Crippen LogP contribution in [0.2, 0.25) is 0 Å². The number of ether oxygens (including phenoxy) is 1. The van der Waals surface area contributed by atoms with E-state index in [1.165, 1.54) is 19.2 Å². The van der Waals surface area contributed by atoms with Crippen LogP contribution < -0.4 is 5.14 Å². The first-order chi connectivity index (χ1) is 7.96. The number of benzene rings is 1. The van der Waals surface area contributed by atoms with Gasteiger partial charge in [-0.2, -0.15) is 0 Å². The standard InChI is InChI=1S/C11H14NO4S/c1-16-8-7-10(17(12,14)15)11(13)9-5-3-2-4-6-9/h2-6,10,12H,7-8H2,1H3.